The quantitative estimate of drug-likeness (QED) is 0.638. The van der Waals surface area contributed by atoms with Crippen molar-refractivity contribution in [2.75, 3.05) is 18.1 Å². The Bertz CT molecular complexity index is 548. The number of amides is 2. The highest BCUT2D eigenvalue weighted by Gasteiger charge is 2.27. The first kappa shape index (κ1) is 13.0. The summed E-state index contributed by atoms with van der Waals surface area (Å²) in [6.07, 6.45) is 2.38. The van der Waals surface area contributed by atoms with Gasteiger partial charge in [0.1, 0.15) is 13.2 Å². The molecule has 1 aliphatic rings. The molecule has 2 amide bonds. The van der Waals surface area contributed by atoms with Crippen LogP contribution in [0.2, 0.25) is 0 Å². The molecule has 0 unspecified atom stereocenters. The number of morpholine rings is 1. The number of rotatable bonds is 3. The predicted octanol–water partition coefficient (Wildman–Crippen LogP) is 0.674. The van der Waals surface area contributed by atoms with Gasteiger partial charge in [-0.25, -0.2) is 9.69 Å². The molecule has 0 aliphatic carbocycles. The maximum atomic E-state index is 11.7. The van der Waals surface area contributed by atoms with Crippen LogP contribution in [-0.4, -0.2) is 36.1 Å². The second-order valence-electron chi connectivity index (χ2n) is 3.88. The van der Waals surface area contributed by atoms with Crippen LogP contribution in [0.15, 0.2) is 30.3 Å². The standard InChI is InChI=1S/C13H11NO5/c15-11-7-19-8-12(16)14(11)10-3-1-2-9(6-10)4-5-13(17)18/h1-6H,7-8H2,(H,17,18)/b5-4+. The van der Waals surface area contributed by atoms with Gasteiger partial charge in [-0.2, -0.15) is 0 Å². The molecule has 1 N–H and O–H groups in total. The summed E-state index contributed by atoms with van der Waals surface area (Å²) in [5.74, 6) is -1.94. The van der Waals surface area contributed by atoms with Gasteiger partial charge in [-0.3, -0.25) is 9.59 Å². The number of benzene rings is 1. The van der Waals surface area contributed by atoms with E-state index in [-0.39, 0.29) is 13.2 Å². The van der Waals surface area contributed by atoms with Crippen LogP contribution in [0.25, 0.3) is 6.08 Å². The molecule has 1 aliphatic heterocycles. The van der Waals surface area contributed by atoms with Gasteiger partial charge in [0.05, 0.1) is 5.69 Å². The van der Waals surface area contributed by atoms with E-state index in [9.17, 15) is 14.4 Å². The van der Waals surface area contributed by atoms with Gasteiger partial charge in [0.15, 0.2) is 0 Å². The molecule has 6 nitrogen and oxygen atoms in total. The lowest BCUT2D eigenvalue weighted by molar-refractivity contribution is -0.138. The van der Waals surface area contributed by atoms with Gasteiger partial charge < -0.3 is 9.84 Å². The molecule has 1 saturated heterocycles. The fourth-order valence-corrected chi connectivity index (χ4v) is 1.72. The number of carboxylic acid groups (broad SMARTS) is 1. The highest BCUT2D eigenvalue weighted by atomic mass is 16.5. The summed E-state index contributed by atoms with van der Waals surface area (Å²) in [7, 11) is 0. The number of carboxylic acids is 1. The van der Waals surface area contributed by atoms with E-state index < -0.39 is 17.8 Å². The van der Waals surface area contributed by atoms with Crippen molar-refractivity contribution in [3.8, 4) is 0 Å². The van der Waals surface area contributed by atoms with Crippen molar-refractivity contribution in [2.24, 2.45) is 0 Å². The number of ether oxygens (including phenoxy) is 1. The normalized spacial score (nSPS) is 16.1. The van der Waals surface area contributed by atoms with Gasteiger partial charge in [-0.05, 0) is 23.8 Å². The van der Waals surface area contributed by atoms with E-state index in [4.69, 9.17) is 9.84 Å². The molecule has 0 aromatic heterocycles. The van der Waals surface area contributed by atoms with E-state index in [0.717, 1.165) is 11.0 Å². The number of aliphatic carboxylic acids is 1. The Kier molecular flexibility index (Phi) is 3.72. The van der Waals surface area contributed by atoms with Gasteiger partial charge in [0, 0.05) is 6.08 Å². The highest BCUT2D eigenvalue weighted by Crippen LogP contribution is 2.19. The van der Waals surface area contributed by atoms with Crippen molar-refractivity contribution >= 4 is 29.5 Å². The fourth-order valence-electron chi connectivity index (χ4n) is 1.72. The molecule has 0 atom stereocenters. The lowest BCUT2D eigenvalue weighted by atomic mass is 10.1. The Balaban J connectivity index is 2.29. The minimum atomic E-state index is -1.07. The molecule has 19 heavy (non-hydrogen) atoms. The van der Waals surface area contributed by atoms with Crippen molar-refractivity contribution in [1.82, 2.24) is 0 Å². The topological polar surface area (TPSA) is 83.9 Å². The summed E-state index contributed by atoms with van der Waals surface area (Å²) in [6, 6.07) is 6.50. The molecule has 0 bridgehead atoms. The lowest BCUT2D eigenvalue weighted by Crippen LogP contribution is -2.46. The monoisotopic (exact) mass is 261 g/mol. The van der Waals surface area contributed by atoms with E-state index in [1.165, 1.54) is 6.08 Å². The van der Waals surface area contributed by atoms with Crippen molar-refractivity contribution < 1.29 is 24.2 Å². The van der Waals surface area contributed by atoms with E-state index in [2.05, 4.69) is 0 Å². The van der Waals surface area contributed by atoms with E-state index >= 15 is 0 Å². The minimum Gasteiger partial charge on any atom is -0.478 e. The van der Waals surface area contributed by atoms with Crippen LogP contribution in [0, 0.1) is 0 Å². The summed E-state index contributed by atoms with van der Waals surface area (Å²) in [4.78, 5) is 34.8. The molecular weight excluding hydrogens is 250 g/mol. The molecule has 6 heteroatoms. The van der Waals surface area contributed by atoms with Gasteiger partial charge in [-0.15, -0.1) is 0 Å². The van der Waals surface area contributed by atoms with Gasteiger partial charge in [-0.1, -0.05) is 12.1 Å². The lowest BCUT2D eigenvalue weighted by Gasteiger charge is -2.25. The molecular formula is C13H11NO5. The number of anilines is 1. The van der Waals surface area contributed by atoms with Gasteiger partial charge in [0.2, 0.25) is 0 Å². The number of imide groups is 1. The zero-order chi connectivity index (χ0) is 13.8. The van der Waals surface area contributed by atoms with Gasteiger partial charge >= 0.3 is 5.97 Å². The summed E-state index contributed by atoms with van der Waals surface area (Å²) in [5.41, 5.74) is 0.998. The Labute approximate surface area is 108 Å². The second kappa shape index (κ2) is 5.45. The average molecular weight is 261 g/mol. The number of hydrogen-bond donors (Lipinski definition) is 1. The Morgan fingerprint density at radius 2 is 1.95 bits per heavy atom. The molecule has 1 aromatic rings. The molecule has 98 valence electrons. The zero-order valence-electron chi connectivity index (χ0n) is 9.91. The summed E-state index contributed by atoms with van der Waals surface area (Å²) >= 11 is 0. The number of carbonyl (C=O) groups excluding carboxylic acids is 2. The Hall–Kier alpha value is -2.47. The van der Waals surface area contributed by atoms with Crippen molar-refractivity contribution in [3.63, 3.8) is 0 Å². The third-order valence-corrected chi connectivity index (χ3v) is 2.50. The van der Waals surface area contributed by atoms with Crippen LogP contribution >= 0.6 is 0 Å². The second-order valence-corrected chi connectivity index (χ2v) is 3.88. The largest absolute Gasteiger partial charge is 0.478 e. The smallest absolute Gasteiger partial charge is 0.328 e. The maximum Gasteiger partial charge on any atom is 0.328 e. The van der Waals surface area contributed by atoms with Crippen LogP contribution < -0.4 is 4.90 Å². The third-order valence-electron chi connectivity index (χ3n) is 2.50. The molecule has 0 spiro atoms. The first-order valence-electron chi connectivity index (χ1n) is 5.52. The van der Waals surface area contributed by atoms with Crippen LogP contribution in [0.3, 0.4) is 0 Å². The summed E-state index contributed by atoms with van der Waals surface area (Å²) in [6.45, 7) is -0.276. The first-order valence-corrected chi connectivity index (χ1v) is 5.52. The Morgan fingerprint density at radius 1 is 1.26 bits per heavy atom. The fraction of sp³-hybridized carbons (Fsp3) is 0.154. The number of hydrogen-bond acceptors (Lipinski definition) is 4. The Morgan fingerprint density at radius 3 is 2.58 bits per heavy atom. The van der Waals surface area contributed by atoms with E-state index in [0.29, 0.717) is 11.3 Å². The van der Waals surface area contributed by atoms with Crippen molar-refractivity contribution in [1.29, 1.82) is 0 Å². The van der Waals surface area contributed by atoms with Crippen molar-refractivity contribution in [2.45, 2.75) is 0 Å². The zero-order valence-corrected chi connectivity index (χ0v) is 9.91. The average Bonchev–Trinajstić information content (AvgIpc) is 2.37. The minimum absolute atomic E-state index is 0.138. The van der Waals surface area contributed by atoms with Gasteiger partial charge in [0.25, 0.3) is 11.8 Å². The van der Waals surface area contributed by atoms with Crippen LogP contribution in [0.5, 0.6) is 0 Å². The molecule has 1 heterocycles. The number of nitrogens with zero attached hydrogens (tertiary/aromatic N) is 1. The maximum absolute atomic E-state index is 11.7. The molecule has 2 rings (SSSR count). The van der Waals surface area contributed by atoms with E-state index in [1.807, 2.05) is 0 Å². The summed E-state index contributed by atoms with van der Waals surface area (Å²) < 4.78 is 4.82. The molecule has 0 radical (unpaired) electrons. The highest BCUT2D eigenvalue weighted by molar-refractivity contribution is 6.17. The van der Waals surface area contributed by atoms with Crippen LogP contribution in [0.1, 0.15) is 5.56 Å². The molecule has 1 aromatic carbocycles. The third kappa shape index (κ3) is 3.05. The predicted molar refractivity (Wildman–Crippen MR) is 66.4 cm³/mol. The number of carbonyl (C=O) groups is 3. The SMILES string of the molecule is O=C(O)/C=C/c1cccc(N2C(=O)COCC2=O)c1. The first-order chi connectivity index (χ1) is 9.08. The van der Waals surface area contributed by atoms with E-state index in [1.54, 1.807) is 24.3 Å². The molecule has 0 saturated carbocycles. The van der Waals surface area contributed by atoms with Crippen molar-refractivity contribution in [3.05, 3.63) is 35.9 Å². The van der Waals surface area contributed by atoms with Crippen LogP contribution in [0.4, 0.5) is 5.69 Å². The van der Waals surface area contributed by atoms with Crippen LogP contribution in [-0.2, 0) is 19.1 Å². The molecule has 1 fully saturated rings. The summed E-state index contributed by atoms with van der Waals surface area (Å²) in [5, 5.41) is 8.55.